The van der Waals surface area contributed by atoms with Crippen LogP contribution in [0.25, 0.3) is 11.3 Å². The second-order valence-electron chi connectivity index (χ2n) is 6.78. The van der Waals surface area contributed by atoms with Crippen molar-refractivity contribution in [2.24, 2.45) is 0 Å². The first kappa shape index (κ1) is 18.9. The van der Waals surface area contributed by atoms with Gasteiger partial charge in [-0.1, -0.05) is 0 Å². The summed E-state index contributed by atoms with van der Waals surface area (Å²) in [6.07, 6.45) is 0. The number of benzene rings is 1. The van der Waals surface area contributed by atoms with Gasteiger partial charge in [-0.15, -0.1) is 0 Å². The molecule has 1 aromatic heterocycles. The van der Waals surface area contributed by atoms with Crippen molar-refractivity contribution in [2.75, 3.05) is 18.6 Å². The van der Waals surface area contributed by atoms with E-state index in [1.54, 1.807) is 32.0 Å². The van der Waals surface area contributed by atoms with Crippen LogP contribution in [0.5, 0.6) is 5.75 Å². The Morgan fingerprint density at radius 3 is 2.57 bits per heavy atom. The SMILES string of the molecule is COc1ccc(-c2nc(N)nc(N)c2C#N)cc1CN1C(=O)NC(C)(C)C1=O. The summed E-state index contributed by atoms with van der Waals surface area (Å²) in [7, 11) is 1.48. The number of carbonyl (C=O) groups excluding carboxylic acids is 2. The molecule has 0 unspecified atom stereocenters. The largest absolute Gasteiger partial charge is 0.496 e. The molecule has 2 aromatic rings. The fourth-order valence-corrected chi connectivity index (χ4v) is 3.00. The molecule has 1 aliphatic rings. The van der Waals surface area contributed by atoms with Gasteiger partial charge in [-0.2, -0.15) is 10.2 Å². The number of nitriles is 1. The summed E-state index contributed by atoms with van der Waals surface area (Å²) in [5.74, 6) is 0.0266. The molecule has 10 heteroatoms. The quantitative estimate of drug-likeness (QED) is 0.661. The molecule has 0 aliphatic carbocycles. The molecule has 5 N–H and O–H groups in total. The van der Waals surface area contributed by atoms with Crippen LogP contribution < -0.4 is 21.5 Å². The summed E-state index contributed by atoms with van der Waals surface area (Å²) in [5.41, 5.74) is 11.9. The topological polar surface area (TPSA) is 160 Å². The lowest BCUT2D eigenvalue weighted by atomic mass is 10.0. The fourth-order valence-electron chi connectivity index (χ4n) is 3.00. The van der Waals surface area contributed by atoms with Crippen LogP contribution in [0.4, 0.5) is 16.6 Å². The normalized spacial score (nSPS) is 15.3. The Morgan fingerprint density at radius 1 is 1.29 bits per heavy atom. The Balaban J connectivity index is 2.07. The van der Waals surface area contributed by atoms with E-state index in [0.717, 1.165) is 4.90 Å². The van der Waals surface area contributed by atoms with Gasteiger partial charge in [0.25, 0.3) is 5.91 Å². The van der Waals surface area contributed by atoms with Crippen molar-refractivity contribution in [1.29, 1.82) is 5.26 Å². The van der Waals surface area contributed by atoms with Crippen LogP contribution in [0, 0.1) is 11.3 Å². The van der Waals surface area contributed by atoms with Gasteiger partial charge in [0.2, 0.25) is 5.95 Å². The minimum Gasteiger partial charge on any atom is -0.496 e. The number of rotatable bonds is 4. The number of anilines is 2. The number of nitrogens with two attached hydrogens (primary N) is 2. The maximum Gasteiger partial charge on any atom is 0.325 e. The van der Waals surface area contributed by atoms with Gasteiger partial charge in [-0.25, -0.2) is 9.78 Å². The highest BCUT2D eigenvalue weighted by Gasteiger charge is 2.44. The lowest BCUT2D eigenvalue weighted by molar-refractivity contribution is -0.130. The number of urea groups is 1. The Bertz CT molecular complexity index is 1030. The van der Waals surface area contributed by atoms with Crippen LogP contribution >= 0.6 is 0 Å². The molecule has 2 heterocycles. The van der Waals surface area contributed by atoms with Crippen LogP contribution in [0.3, 0.4) is 0 Å². The van der Waals surface area contributed by atoms with Crippen LogP contribution in [0.15, 0.2) is 18.2 Å². The van der Waals surface area contributed by atoms with Crippen molar-refractivity contribution in [3.63, 3.8) is 0 Å². The molecule has 10 nitrogen and oxygen atoms in total. The standard InChI is InChI=1S/C18H19N7O3/c1-18(2)15(26)25(17(27)24-18)8-10-6-9(4-5-12(10)28-3)13-11(7-19)14(20)23-16(21)22-13/h4-6H,8H2,1-3H3,(H,24,27)(H4,20,21,22,23). The van der Waals surface area contributed by atoms with E-state index >= 15 is 0 Å². The molecule has 28 heavy (non-hydrogen) atoms. The van der Waals surface area contributed by atoms with Crippen molar-refractivity contribution in [1.82, 2.24) is 20.2 Å². The van der Waals surface area contributed by atoms with E-state index < -0.39 is 11.6 Å². The number of carbonyl (C=O) groups is 2. The van der Waals surface area contributed by atoms with E-state index in [9.17, 15) is 14.9 Å². The zero-order valence-corrected chi connectivity index (χ0v) is 15.6. The summed E-state index contributed by atoms with van der Waals surface area (Å²) >= 11 is 0. The molecule has 1 fully saturated rings. The second kappa shape index (κ2) is 6.70. The molecule has 0 radical (unpaired) electrons. The molecule has 1 aliphatic heterocycles. The monoisotopic (exact) mass is 381 g/mol. The summed E-state index contributed by atoms with van der Waals surface area (Å²) in [6.45, 7) is 3.25. The number of methoxy groups -OCH3 is 1. The summed E-state index contributed by atoms with van der Waals surface area (Å²) in [5, 5.41) is 12.0. The van der Waals surface area contributed by atoms with Crippen LogP contribution in [-0.4, -0.2) is 39.5 Å². The van der Waals surface area contributed by atoms with Gasteiger partial charge in [0, 0.05) is 11.1 Å². The van der Waals surface area contributed by atoms with Gasteiger partial charge in [0.05, 0.1) is 19.3 Å². The van der Waals surface area contributed by atoms with Crippen LogP contribution in [0.2, 0.25) is 0 Å². The van der Waals surface area contributed by atoms with E-state index in [4.69, 9.17) is 16.2 Å². The fraction of sp³-hybridized carbons (Fsp3) is 0.278. The zero-order chi connectivity index (χ0) is 20.6. The minimum atomic E-state index is -0.981. The Kier molecular flexibility index (Phi) is 4.52. The maximum absolute atomic E-state index is 12.5. The Labute approximate surface area is 161 Å². The van der Waals surface area contributed by atoms with Crippen LogP contribution in [0.1, 0.15) is 25.0 Å². The number of ether oxygens (including phenoxy) is 1. The van der Waals surface area contributed by atoms with E-state index in [-0.39, 0.29) is 35.5 Å². The van der Waals surface area contributed by atoms with E-state index in [2.05, 4.69) is 15.3 Å². The lowest BCUT2D eigenvalue weighted by Gasteiger charge is -2.18. The molecular formula is C18H19N7O3. The average Bonchev–Trinajstić information content (AvgIpc) is 2.82. The number of hydrogen-bond acceptors (Lipinski definition) is 8. The number of imide groups is 1. The van der Waals surface area contributed by atoms with E-state index in [1.807, 2.05) is 6.07 Å². The molecule has 1 aromatic carbocycles. The molecule has 3 rings (SSSR count). The number of aromatic nitrogens is 2. The van der Waals surface area contributed by atoms with E-state index in [1.165, 1.54) is 7.11 Å². The molecule has 1 saturated heterocycles. The van der Waals surface area contributed by atoms with Gasteiger partial charge in [-0.3, -0.25) is 9.69 Å². The highest BCUT2D eigenvalue weighted by atomic mass is 16.5. The molecular weight excluding hydrogens is 362 g/mol. The second-order valence-corrected chi connectivity index (χ2v) is 6.78. The predicted octanol–water partition coefficient (Wildman–Crippen LogP) is 1.02. The van der Waals surface area contributed by atoms with Gasteiger partial charge < -0.3 is 21.5 Å². The highest BCUT2D eigenvalue weighted by molar-refractivity contribution is 6.06. The van der Waals surface area contributed by atoms with Gasteiger partial charge in [-0.05, 0) is 32.0 Å². The highest BCUT2D eigenvalue weighted by Crippen LogP contribution is 2.31. The number of nitrogen functional groups attached to an aromatic ring is 2. The molecule has 0 saturated carbocycles. The van der Waals surface area contributed by atoms with Gasteiger partial charge in [0.1, 0.15) is 28.7 Å². The minimum absolute atomic E-state index is 0.0109. The third-order valence-electron chi connectivity index (χ3n) is 4.39. The molecule has 0 spiro atoms. The number of nitrogens with zero attached hydrogens (tertiary/aromatic N) is 4. The number of hydrogen-bond donors (Lipinski definition) is 3. The summed E-state index contributed by atoms with van der Waals surface area (Å²) in [6, 6.07) is 6.49. The predicted molar refractivity (Wildman–Crippen MR) is 101 cm³/mol. The third kappa shape index (κ3) is 3.14. The van der Waals surface area contributed by atoms with Gasteiger partial charge >= 0.3 is 6.03 Å². The molecule has 0 atom stereocenters. The van der Waals surface area contributed by atoms with E-state index in [0.29, 0.717) is 16.9 Å². The zero-order valence-electron chi connectivity index (χ0n) is 15.6. The first-order chi connectivity index (χ1) is 13.2. The molecule has 0 bridgehead atoms. The van der Waals surface area contributed by atoms with Crippen molar-refractivity contribution in [3.8, 4) is 23.1 Å². The third-order valence-corrected chi connectivity index (χ3v) is 4.39. The average molecular weight is 381 g/mol. The van der Waals surface area contributed by atoms with Crippen molar-refractivity contribution in [2.45, 2.75) is 25.9 Å². The number of amides is 3. The Morgan fingerprint density at radius 2 is 2.00 bits per heavy atom. The van der Waals surface area contributed by atoms with Crippen molar-refractivity contribution < 1.29 is 14.3 Å². The first-order valence-corrected chi connectivity index (χ1v) is 8.32. The summed E-state index contributed by atoms with van der Waals surface area (Å²) in [4.78, 5) is 33.7. The number of nitrogens with one attached hydrogen (secondary N) is 1. The van der Waals surface area contributed by atoms with Gasteiger partial charge in [0.15, 0.2) is 0 Å². The smallest absolute Gasteiger partial charge is 0.325 e. The van der Waals surface area contributed by atoms with Crippen molar-refractivity contribution in [3.05, 3.63) is 29.3 Å². The Hall–Kier alpha value is -3.87. The molecule has 144 valence electrons. The van der Waals surface area contributed by atoms with Crippen LogP contribution in [-0.2, 0) is 11.3 Å². The lowest BCUT2D eigenvalue weighted by Crippen LogP contribution is -2.40. The maximum atomic E-state index is 12.5. The first-order valence-electron chi connectivity index (χ1n) is 8.32. The molecule has 3 amide bonds. The van der Waals surface area contributed by atoms with Crippen molar-refractivity contribution >= 4 is 23.7 Å². The summed E-state index contributed by atoms with van der Waals surface area (Å²) < 4.78 is 5.36.